The van der Waals surface area contributed by atoms with Gasteiger partial charge in [-0.25, -0.2) is 9.59 Å². The summed E-state index contributed by atoms with van der Waals surface area (Å²) in [5.74, 6) is -1.04. The van der Waals surface area contributed by atoms with Gasteiger partial charge in [0, 0.05) is 0 Å². The lowest BCUT2D eigenvalue weighted by atomic mass is 10.1. The first-order chi connectivity index (χ1) is 9.63. The highest BCUT2D eigenvalue weighted by Gasteiger charge is 2.20. The number of rotatable bonds is 7. The van der Waals surface area contributed by atoms with Gasteiger partial charge < -0.3 is 9.47 Å². The second kappa shape index (κ2) is 8.32. The molecule has 5 heteroatoms. The van der Waals surface area contributed by atoms with E-state index in [1.165, 1.54) is 6.08 Å². The van der Waals surface area contributed by atoms with Crippen LogP contribution in [-0.2, 0) is 9.47 Å². The first-order valence-corrected chi connectivity index (χ1v) is 7.97. The molecule has 0 heterocycles. The van der Waals surface area contributed by atoms with Crippen LogP contribution in [0, 0.1) is 0 Å². The minimum absolute atomic E-state index is 0.107. The van der Waals surface area contributed by atoms with Crippen LogP contribution in [0.25, 0.3) is 0 Å². The minimum Gasteiger partial charge on any atom is -0.463 e. The number of benzene rings is 1. The molecule has 0 aromatic heterocycles. The van der Waals surface area contributed by atoms with Gasteiger partial charge in [0.25, 0.3) is 0 Å². The molecule has 0 saturated heterocycles. The summed E-state index contributed by atoms with van der Waals surface area (Å²) >= 11 is 0. The molecule has 0 spiro atoms. The van der Waals surface area contributed by atoms with Crippen LogP contribution in [0.2, 0.25) is 6.55 Å². The quantitative estimate of drug-likeness (QED) is 0.440. The van der Waals surface area contributed by atoms with E-state index < -0.39 is 11.9 Å². The Morgan fingerprint density at radius 3 is 2.40 bits per heavy atom. The molecule has 4 nitrogen and oxygen atoms in total. The third-order valence-electron chi connectivity index (χ3n) is 2.64. The molecule has 1 atom stereocenters. The first-order valence-electron chi connectivity index (χ1n) is 6.39. The van der Waals surface area contributed by atoms with Crippen molar-refractivity contribution in [2.75, 3.05) is 6.61 Å². The van der Waals surface area contributed by atoms with Crippen molar-refractivity contribution >= 4 is 21.5 Å². The third-order valence-corrected chi connectivity index (χ3v) is 3.81. The Kier molecular flexibility index (Phi) is 6.73. The zero-order valence-corrected chi connectivity index (χ0v) is 12.7. The predicted molar refractivity (Wildman–Crippen MR) is 78.0 cm³/mol. The molecule has 0 bridgehead atoms. The van der Waals surface area contributed by atoms with Crippen molar-refractivity contribution in [2.45, 2.75) is 25.6 Å². The Hall–Kier alpha value is -1.88. The van der Waals surface area contributed by atoms with E-state index >= 15 is 0 Å². The van der Waals surface area contributed by atoms with Crippen LogP contribution in [0.3, 0.4) is 0 Å². The van der Waals surface area contributed by atoms with Gasteiger partial charge in [-0.3, -0.25) is 0 Å². The lowest BCUT2D eigenvalue weighted by Crippen LogP contribution is -2.23. The molecule has 1 aromatic rings. The van der Waals surface area contributed by atoms with Crippen LogP contribution in [0.5, 0.6) is 0 Å². The molecular formula is C15H18O4Si. The van der Waals surface area contributed by atoms with Crippen LogP contribution >= 0.6 is 0 Å². The van der Waals surface area contributed by atoms with Crippen LogP contribution in [-0.4, -0.2) is 33.8 Å². The highest BCUT2D eigenvalue weighted by atomic mass is 28.2. The zero-order valence-electron chi connectivity index (χ0n) is 11.7. The first kappa shape index (κ1) is 16.2. The largest absolute Gasteiger partial charge is 0.463 e. The molecule has 0 N–H and O–H groups in total. The van der Waals surface area contributed by atoms with E-state index in [-0.39, 0.29) is 23.5 Å². The fourth-order valence-electron chi connectivity index (χ4n) is 1.59. The summed E-state index contributed by atoms with van der Waals surface area (Å²) in [4.78, 5) is 24.0. The van der Waals surface area contributed by atoms with Crippen molar-refractivity contribution < 1.29 is 19.1 Å². The summed E-state index contributed by atoms with van der Waals surface area (Å²) in [6, 6.07) is 6.49. The van der Waals surface area contributed by atoms with Crippen molar-refractivity contribution in [3.05, 3.63) is 48.0 Å². The zero-order chi connectivity index (χ0) is 15.0. The monoisotopic (exact) mass is 290 g/mol. The molecule has 0 aliphatic carbocycles. The Bertz CT molecular complexity index is 481. The number of ether oxygens (including phenoxy) is 2. The summed E-state index contributed by atoms with van der Waals surface area (Å²) in [6.07, 6.45) is 2.23. The summed E-state index contributed by atoms with van der Waals surface area (Å²) in [7, 11) is 0.506. The molecule has 106 valence electrons. The molecule has 1 rings (SSSR count). The van der Waals surface area contributed by atoms with Crippen LogP contribution < -0.4 is 0 Å². The van der Waals surface area contributed by atoms with E-state index in [0.29, 0.717) is 9.52 Å². The number of hydrogen-bond donors (Lipinski definition) is 0. The van der Waals surface area contributed by atoms with E-state index in [2.05, 4.69) is 6.58 Å². The van der Waals surface area contributed by atoms with E-state index in [9.17, 15) is 9.59 Å². The molecule has 0 aliphatic heterocycles. The van der Waals surface area contributed by atoms with Crippen molar-refractivity contribution in [3.8, 4) is 0 Å². The van der Waals surface area contributed by atoms with Crippen LogP contribution in [0.15, 0.2) is 36.9 Å². The number of carbonyl (C=O) groups excluding carboxylic acids is 2. The Labute approximate surface area is 121 Å². The molecule has 1 aromatic carbocycles. The van der Waals surface area contributed by atoms with Crippen LogP contribution in [0.4, 0.5) is 0 Å². The maximum atomic E-state index is 12.1. The normalized spacial score (nSPS) is 11.5. The van der Waals surface area contributed by atoms with Gasteiger partial charge in [-0.1, -0.05) is 38.3 Å². The molecule has 0 saturated carbocycles. The van der Waals surface area contributed by atoms with E-state index in [4.69, 9.17) is 9.47 Å². The number of carbonyl (C=O) groups is 2. The topological polar surface area (TPSA) is 52.6 Å². The second-order valence-electron chi connectivity index (χ2n) is 4.02. The van der Waals surface area contributed by atoms with Gasteiger partial charge in [0.15, 0.2) is 0 Å². The molecule has 0 aliphatic rings. The lowest BCUT2D eigenvalue weighted by Gasteiger charge is -2.15. The molecule has 20 heavy (non-hydrogen) atoms. The van der Waals surface area contributed by atoms with Crippen molar-refractivity contribution in [3.63, 3.8) is 0 Å². The van der Waals surface area contributed by atoms with E-state index in [1.54, 1.807) is 24.3 Å². The van der Waals surface area contributed by atoms with E-state index in [1.807, 2.05) is 13.5 Å². The summed E-state index contributed by atoms with van der Waals surface area (Å²) in [5.41, 5.74) is 0.339. The predicted octanol–water partition coefficient (Wildman–Crippen LogP) is 2.67. The van der Waals surface area contributed by atoms with Gasteiger partial charge in [0.2, 0.25) is 0 Å². The highest BCUT2D eigenvalue weighted by molar-refractivity contribution is 6.35. The molecule has 0 amide bonds. The van der Waals surface area contributed by atoms with Crippen molar-refractivity contribution in [1.82, 2.24) is 0 Å². The number of esters is 2. The summed E-state index contributed by atoms with van der Waals surface area (Å²) < 4.78 is 10.3. The standard InChI is InChI=1S/C15H18O4Si/c1-4-10-18-14(16)11-8-6-7-9-12(11)15(17)19-13(5-2)20-3/h4,6-9,13H,1,5,10H2,2-3H3. The van der Waals surface area contributed by atoms with Gasteiger partial charge in [0.1, 0.15) is 6.61 Å². The fraction of sp³-hybridized carbons (Fsp3) is 0.333. The maximum absolute atomic E-state index is 12.1. The molecule has 1 unspecified atom stereocenters. The Morgan fingerprint density at radius 1 is 1.30 bits per heavy atom. The molecule has 2 radical (unpaired) electrons. The van der Waals surface area contributed by atoms with Gasteiger partial charge in [-0.05, 0) is 18.6 Å². The molecule has 0 fully saturated rings. The van der Waals surface area contributed by atoms with Crippen molar-refractivity contribution in [1.29, 1.82) is 0 Å². The minimum atomic E-state index is -0.551. The average Bonchev–Trinajstić information content (AvgIpc) is 2.49. The van der Waals surface area contributed by atoms with Gasteiger partial charge in [0.05, 0.1) is 26.4 Å². The smallest absolute Gasteiger partial charge is 0.339 e. The van der Waals surface area contributed by atoms with Gasteiger partial charge in [-0.15, -0.1) is 0 Å². The fourth-order valence-corrected chi connectivity index (χ4v) is 2.22. The molecular weight excluding hydrogens is 272 g/mol. The van der Waals surface area contributed by atoms with Gasteiger partial charge >= 0.3 is 11.9 Å². The van der Waals surface area contributed by atoms with Crippen LogP contribution in [0.1, 0.15) is 34.1 Å². The van der Waals surface area contributed by atoms with Gasteiger partial charge in [-0.2, -0.15) is 0 Å². The third kappa shape index (κ3) is 4.34. The highest BCUT2D eigenvalue weighted by Crippen LogP contribution is 2.13. The van der Waals surface area contributed by atoms with Crippen molar-refractivity contribution in [2.24, 2.45) is 0 Å². The Balaban J connectivity index is 2.91. The average molecular weight is 290 g/mol. The summed E-state index contributed by atoms with van der Waals surface area (Å²) in [5, 5.41) is 0. The Morgan fingerprint density at radius 2 is 1.90 bits per heavy atom. The number of hydrogen-bond acceptors (Lipinski definition) is 4. The summed E-state index contributed by atoms with van der Waals surface area (Å²) in [6.45, 7) is 7.52. The lowest BCUT2D eigenvalue weighted by molar-refractivity contribution is 0.0420. The van der Waals surface area contributed by atoms with E-state index in [0.717, 1.165) is 6.42 Å². The SMILES string of the molecule is C=CCOC(=O)c1ccccc1C(=O)OC(CC)[Si]C. The second-order valence-corrected chi connectivity index (χ2v) is 5.24. The maximum Gasteiger partial charge on any atom is 0.339 e.